The molecule has 1 aromatic rings. The lowest BCUT2D eigenvalue weighted by atomic mass is 10.1. The fourth-order valence-corrected chi connectivity index (χ4v) is 2.38. The molecule has 18 heavy (non-hydrogen) atoms. The molecule has 0 spiro atoms. The zero-order valence-electron chi connectivity index (χ0n) is 11.2. The molecule has 0 aromatic carbocycles. The number of anilines is 1. The highest BCUT2D eigenvalue weighted by molar-refractivity contribution is 5.99. The Morgan fingerprint density at radius 1 is 1.28 bits per heavy atom. The number of nitrogens with one attached hydrogen (secondary N) is 1. The van der Waals surface area contributed by atoms with Gasteiger partial charge in [-0.05, 0) is 25.8 Å². The summed E-state index contributed by atoms with van der Waals surface area (Å²) in [5.74, 6) is 0.105. The van der Waals surface area contributed by atoms with Crippen LogP contribution in [0.15, 0.2) is 12.3 Å². The van der Waals surface area contributed by atoms with Crippen molar-refractivity contribution in [2.24, 2.45) is 0 Å². The molecule has 4 heteroatoms. The van der Waals surface area contributed by atoms with E-state index in [0.717, 1.165) is 37.3 Å². The lowest BCUT2D eigenvalue weighted by Crippen LogP contribution is -2.32. The van der Waals surface area contributed by atoms with Crippen LogP contribution in [-0.2, 0) is 0 Å². The number of hydrogen-bond acceptors (Lipinski definition) is 3. The van der Waals surface area contributed by atoms with E-state index in [1.807, 2.05) is 24.9 Å². The van der Waals surface area contributed by atoms with Crippen LogP contribution in [0.2, 0.25) is 0 Å². The summed E-state index contributed by atoms with van der Waals surface area (Å²) in [4.78, 5) is 18.7. The van der Waals surface area contributed by atoms with Gasteiger partial charge in [0.1, 0.15) is 0 Å². The minimum Gasteiger partial charge on any atom is -0.387 e. The van der Waals surface area contributed by atoms with E-state index in [1.165, 1.54) is 12.8 Å². The van der Waals surface area contributed by atoms with Gasteiger partial charge < -0.3 is 10.2 Å². The predicted octanol–water partition coefficient (Wildman–Crippen LogP) is 2.45. The summed E-state index contributed by atoms with van der Waals surface area (Å²) in [6, 6.07) is 1.92. The van der Waals surface area contributed by atoms with Crippen molar-refractivity contribution in [2.45, 2.75) is 32.6 Å². The highest BCUT2D eigenvalue weighted by Gasteiger charge is 2.20. The van der Waals surface area contributed by atoms with Gasteiger partial charge in [-0.3, -0.25) is 9.78 Å². The van der Waals surface area contributed by atoms with E-state index in [-0.39, 0.29) is 5.91 Å². The van der Waals surface area contributed by atoms with Crippen LogP contribution in [0.5, 0.6) is 0 Å². The summed E-state index contributed by atoms with van der Waals surface area (Å²) < 4.78 is 0. The van der Waals surface area contributed by atoms with Gasteiger partial charge in [0.05, 0.1) is 11.3 Å². The summed E-state index contributed by atoms with van der Waals surface area (Å²) in [6.45, 7) is 3.67. The third-order valence-electron chi connectivity index (χ3n) is 3.43. The van der Waals surface area contributed by atoms with Gasteiger partial charge in [0.15, 0.2) is 0 Å². The van der Waals surface area contributed by atoms with Gasteiger partial charge in [-0.25, -0.2) is 0 Å². The van der Waals surface area contributed by atoms with Crippen molar-refractivity contribution >= 4 is 11.6 Å². The van der Waals surface area contributed by atoms with Crippen molar-refractivity contribution in [2.75, 3.05) is 25.5 Å². The molecule has 1 aliphatic rings. The number of aryl methyl sites for hydroxylation is 1. The summed E-state index contributed by atoms with van der Waals surface area (Å²) in [6.07, 6.45) is 6.37. The number of nitrogens with zero attached hydrogens (tertiary/aromatic N) is 2. The Balaban J connectivity index is 2.21. The van der Waals surface area contributed by atoms with Gasteiger partial charge in [0.2, 0.25) is 0 Å². The van der Waals surface area contributed by atoms with Crippen LogP contribution in [0.25, 0.3) is 0 Å². The van der Waals surface area contributed by atoms with E-state index in [0.29, 0.717) is 5.56 Å². The highest BCUT2D eigenvalue weighted by atomic mass is 16.2. The molecule has 1 amide bonds. The second-order valence-electron chi connectivity index (χ2n) is 4.83. The molecule has 1 N–H and O–H groups in total. The highest BCUT2D eigenvalue weighted by Crippen LogP contribution is 2.19. The zero-order valence-corrected chi connectivity index (χ0v) is 11.2. The van der Waals surface area contributed by atoms with Crippen LogP contribution in [0, 0.1) is 6.92 Å². The summed E-state index contributed by atoms with van der Waals surface area (Å²) in [5, 5.41) is 3.08. The minimum atomic E-state index is 0.105. The molecule has 1 fully saturated rings. The average Bonchev–Trinajstić information content (AvgIpc) is 2.66. The van der Waals surface area contributed by atoms with Crippen molar-refractivity contribution < 1.29 is 4.79 Å². The third kappa shape index (κ3) is 2.81. The first-order valence-corrected chi connectivity index (χ1v) is 6.66. The first-order chi connectivity index (χ1) is 8.72. The van der Waals surface area contributed by atoms with E-state index in [2.05, 4.69) is 10.3 Å². The van der Waals surface area contributed by atoms with Crippen LogP contribution in [0.4, 0.5) is 5.69 Å². The molecular weight excluding hydrogens is 226 g/mol. The van der Waals surface area contributed by atoms with Gasteiger partial charge in [0.25, 0.3) is 5.91 Å². The molecule has 0 radical (unpaired) electrons. The van der Waals surface area contributed by atoms with Crippen molar-refractivity contribution in [1.29, 1.82) is 0 Å². The van der Waals surface area contributed by atoms with Gasteiger partial charge in [-0.1, -0.05) is 12.8 Å². The standard InChI is InChI=1S/C14H21N3O/c1-11-9-13(15-2)12(10-16-11)14(18)17-7-5-3-4-6-8-17/h9-10H,3-8H2,1-2H3,(H,15,16). The molecule has 0 saturated carbocycles. The van der Waals surface area contributed by atoms with E-state index in [9.17, 15) is 4.79 Å². The molecule has 0 bridgehead atoms. The Morgan fingerprint density at radius 3 is 2.56 bits per heavy atom. The molecule has 1 saturated heterocycles. The Labute approximate surface area is 108 Å². The monoisotopic (exact) mass is 247 g/mol. The van der Waals surface area contributed by atoms with E-state index in [1.54, 1.807) is 6.20 Å². The van der Waals surface area contributed by atoms with Crippen LogP contribution in [-0.4, -0.2) is 35.9 Å². The normalized spacial score (nSPS) is 16.2. The number of amides is 1. The van der Waals surface area contributed by atoms with Crippen molar-refractivity contribution in [1.82, 2.24) is 9.88 Å². The van der Waals surface area contributed by atoms with Crippen molar-refractivity contribution in [3.63, 3.8) is 0 Å². The third-order valence-corrected chi connectivity index (χ3v) is 3.43. The lowest BCUT2D eigenvalue weighted by molar-refractivity contribution is 0.0762. The van der Waals surface area contributed by atoms with Gasteiger partial charge >= 0.3 is 0 Å². The molecule has 2 heterocycles. The second kappa shape index (κ2) is 5.85. The van der Waals surface area contributed by atoms with Gasteiger partial charge in [-0.15, -0.1) is 0 Å². The van der Waals surface area contributed by atoms with Crippen LogP contribution in [0.3, 0.4) is 0 Å². The first-order valence-electron chi connectivity index (χ1n) is 6.66. The Morgan fingerprint density at radius 2 is 1.94 bits per heavy atom. The van der Waals surface area contributed by atoms with Crippen molar-refractivity contribution in [3.05, 3.63) is 23.5 Å². The fourth-order valence-electron chi connectivity index (χ4n) is 2.38. The predicted molar refractivity (Wildman–Crippen MR) is 72.9 cm³/mol. The quantitative estimate of drug-likeness (QED) is 0.873. The number of rotatable bonds is 2. The number of carbonyl (C=O) groups excluding carboxylic acids is 1. The maximum Gasteiger partial charge on any atom is 0.257 e. The molecule has 1 aliphatic heterocycles. The summed E-state index contributed by atoms with van der Waals surface area (Å²) >= 11 is 0. The maximum atomic E-state index is 12.5. The Bertz CT molecular complexity index is 423. The Kier molecular flexibility index (Phi) is 4.18. The fraction of sp³-hybridized carbons (Fsp3) is 0.571. The first kappa shape index (κ1) is 12.9. The number of carbonyl (C=O) groups is 1. The minimum absolute atomic E-state index is 0.105. The van der Waals surface area contributed by atoms with Gasteiger partial charge in [0, 0.05) is 32.0 Å². The molecule has 0 aliphatic carbocycles. The summed E-state index contributed by atoms with van der Waals surface area (Å²) in [5.41, 5.74) is 2.48. The average molecular weight is 247 g/mol. The number of aromatic nitrogens is 1. The molecule has 1 aromatic heterocycles. The lowest BCUT2D eigenvalue weighted by Gasteiger charge is -2.21. The molecule has 0 unspecified atom stereocenters. The number of pyridine rings is 1. The smallest absolute Gasteiger partial charge is 0.257 e. The SMILES string of the molecule is CNc1cc(C)ncc1C(=O)N1CCCCCC1. The number of likely N-dealkylation sites (tertiary alicyclic amines) is 1. The van der Waals surface area contributed by atoms with E-state index >= 15 is 0 Å². The second-order valence-corrected chi connectivity index (χ2v) is 4.83. The number of hydrogen-bond donors (Lipinski definition) is 1. The van der Waals surface area contributed by atoms with E-state index in [4.69, 9.17) is 0 Å². The molecule has 2 rings (SSSR count). The topological polar surface area (TPSA) is 45.2 Å². The largest absolute Gasteiger partial charge is 0.387 e. The van der Waals surface area contributed by atoms with E-state index < -0.39 is 0 Å². The van der Waals surface area contributed by atoms with Crippen LogP contribution in [0.1, 0.15) is 41.7 Å². The molecule has 4 nitrogen and oxygen atoms in total. The van der Waals surface area contributed by atoms with Gasteiger partial charge in [-0.2, -0.15) is 0 Å². The molecule has 98 valence electrons. The summed E-state index contributed by atoms with van der Waals surface area (Å²) in [7, 11) is 1.84. The Hall–Kier alpha value is -1.58. The molecule has 0 atom stereocenters. The van der Waals surface area contributed by atoms with Crippen LogP contribution >= 0.6 is 0 Å². The zero-order chi connectivity index (χ0) is 13.0. The van der Waals surface area contributed by atoms with Crippen LogP contribution < -0.4 is 5.32 Å². The maximum absolute atomic E-state index is 12.5. The molecular formula is C14H21N3O. The van der Waals surface area contributed by atoms with Crippen molar-refractivity contribution in [3.8, 4) is 0 Å².